The Kier molecular flexibility index (Phi) is 11.7. The molecule has 1 aliphatic carbocycles. The Balaban J connectivity index is 0.756. The minimum absolute atomic E-state index is 0.0895. The van der Waals surface area contributed by atoms with Gasteiger partial charge in [-0.2, -0.15) is 0 Å². The van der Waals surface area contributed by atoms with Gasteiger partial charge in [0, 0.05) is 42.8 Å². The first kappa shape index (κ1) is 38.4. The highest BCUT2D eigenvalue weighted by Crippen LogP contribution is 2.34. The number of aromatic nitrogens is 2. The van der Waals surface area contributed by atoms with Crippen molar-refractivity contribution in [2.75, 3.05) is 36.8 Å². The molecule has 11 nitrogen and oxygen atoms in total. The zero-order valence-corrected chi connectivity index (χ0v) is 32.0. The average Bonchev–Trinajstić information content (AvgIpc) is 3.24. The Labute approximate surface area is 331 Å². The van der Waals surface area contributed by atoms with Crippen molar-refractivity contribution >= 4 is 29.5 Å². The molecule has 0 radical (unpaired) electrons. The van der Waals surface area contributed by atoms with E-state index in [2.05, 4.69) is 30.8 Å². The highest BCUT2D eigenvalue weighted by atomic mass is 19.1. The Morgan fingerprint density at radius 2 is 1.49 bits per heavy atom. The molecule has 1 aromatic heterocycles. The van der Waals surface area contributed by atoms with Crippen LogP contribution in [0.25, 0.3) is 22.4 Å². The van der Waals surface area contributed by atoms with Crippen molar-refractivity contribution in [1.29, 1.82) is 0 Å². The van der Waals surface area contributed by atoms with E-state index < -0.39 is 11.9 Å². The molecular weight excluding hydrogens is 729 g/mol. The molecule has 1 atom stereocenters. The van der Waals surface area contributed by atoms with Gasteiger partial charge in [0.15, 0.2) is 5.82 Å². The molecule has 298 valence electrons. The SMILES string of the molecule is O=C1CCC(Nc2ccc(C3CCN(C4CCN(C(=O)O[C@H]5CC[C@H](Nc6ncc(F)c(-c7cccc(-c8ccccc8)c7)n6)CC5)CC4)CC3)c(F)c2)C(=O)N1. The van der Waals surface area contributed by atoms with Gasteiger partial charge in [-0.25, -0.2) is 23.5 Å². The number of anilines is 2. The van der Waals surface area contributed by atoms with Crippen molar-refractivity contribution in [1.82, 2.24) is 25.1 Å². The minimum Gasteiger partial charge on any atom is -0.446 e. The van der Waals surface area contributed by atoms with Gasteiger partial charge in [0.1, 0.15) is 23.7 Å². The van der Waals surface area contributed by atoms with Gasteiger partial charge < -0.3 is 25.2 Å². The Hall–Kier alpha value is -5.43. The first-order valence-corrected chi connectivity index (χ1v) is 20.3. The Morgan fingerprint density at radius 1 is 0.754 bits per heavy atom. The van der Waals surface area contributed by atoms with E-state index in [1.807, 2.05) is 71.6 Å². The van der Waals surface area contributed by atoms with Crippen LogP contribution in [0, 0.1) is 11.6 Å². The van der Waals surface area contributed by atoms with E-state index in [-0.39, 0.29) is 53.9 Å². The van der Waals surface area contributed by atoms with E-state index >= 15 is 4.39 Å². The molecule has 3 N–H and O–H groups in total. The maximum atomic E-state index is 15.2. The molecule has 1 saturated carbocycles. The average molecular weight is 778 g/mol. The van der Waals surface area contributed by atoms with Crippen LogP contribution < -0.4 is 16.0 Å². The Bertz CT molecular complexity index is 2060. The Morgan fingerprint density at radius 3 is 2.23 bits per heavy atom. The van der Waals surface area contributed by atoms with E-state index in [4.69, 9.17) is 4.74 Å². The van der Waals surface area contributed by atoms with E-state index in [9.17, 15) is 18.8 Å². The molecule has 0 bridgehead atoms. The third-order valence-corrected chi connectivity index (χ3v) is 12.1. The van der Waals surface area contributed by atoms with Crippen LogP contribution in [0.5, 0.6) is 0 Å². The summed E-state index contributed by atoms with van der Waals surface area (Å²) in [7, 11) is 0. The lowest BCUT2D eigenvalue weighted by Gasteiger charge is -2.42. The van der Waals surface area contributed by atoms with Crippen LogP contribution in [0.1, 0.15) is 75.7 Å². The van der Waals surface area contributed by atoms with Crippen molar-refractivity contribution in [3.05, 3.63) is 96.2 Å². The highest BCUT2D eigenvalue weighted by Gasteiger charge is 2.33. The molecule has 4 fully saturated rings. The van der Waals surface area contributed by atoms with Gasteiger partial charge in [0.05, 0.1) is 6.20 Å². The molecule has 1 unspecified atom stereocenters. The number of hydrogen-bond acceptors (Lipinski definition) is 9. The summed E-state index contributed by atoms with van der Waals surface area (Å²) in [5.74, 6) is -0.916. The van der Waals surface area contributed by atoms with Gasteiger partial charge >= 0.3 is 6.09 Å². The summed E-state index contributed by atoms with van der Waals surface area (Å²) in [6.45, 7) is 3.04. The van der Waals surface area contributed by atoms with Crippen LogP contribution in [0.3, 0.4) is 0 Å². The van der Waals surface area contributed by atoms with Crippen LogP contribution in [0.15, 0.2) is 79.0 Å². The minimum atomic E-state index is -0.552. The first-order valence-electron chi connectivity index (χ1n) is 20.3. The van der Waals surface area contributed by atoms with Crippen molar-refractivity contribution in [3.63, 3.8) is 0 Å². The summed E-state index contributed by atoms with van der Waals surface area (Å²) in [4.78, 5) is 49.8. The number of likely N-dealkylation sites (tertiary alicyclic amines) is 2. The number of halogens is 2. The number of imide groups is 1. The number of carbonyl (C=O) groups excluding carboxylic acids is 3. The van der Waals surface area contributed by atoms with E-state index in [0.717, 1.165) is 75.6 Å². The molecule has 4 aliphatic rings. The molecule has 3 aromatic carbocycles. The summed E-state index contributed by atoms with van der Waals surface area (Å²) < 4.78 is 36.2. The summed E-state index contributed by atoms with van der Waals surface area (Å²) in [5.41, 5.74) is 4.20. The molecule has 4 aromatic rings. The number of amides is 3. The number of carbonyl (C=O) groups is 3. The smallest absolute Gasteiger partial charge is 0.410 e. The molecule has 0 spiro atoms. The van der Waals surface area contributed by atoms with Crippen LogP contribution in [-0.2, 0) is 14.3 Å². The van der Waals surface area contributed by atoms with Crippen LogP contribution in [0.4, 0.5) is 25.2 Å². The predicted molar refractivity (Wildman–Crippen MR) is 213 cm³/mol. The molecule has 3 aliphatic heterocycles. The molecule has 13 heteroatoms. The van der Waals surface area contributed by atoms with Crippen molar-refractivity contribution in [2.24, 2.45) is 0 Å². The van der Waals surface area contributed by atoms with Crippen LogP contribution >= 0.6 is 0 Å². The van der Waals surface area contributed by atoms with Gasteiger partial charge in [-0.15, -0.1) is 0 Å². The van der Waals surface area contributed by atoms with Crippen molar-refractivity contribution in [3.8, 4) is 22.4 Å². The molecular formula is C44H49F2N7O4. The summed E-state index contributed by atoms with van der Waals surface area (Å²) >= 11 is 0. The van der Waals surface area contributed by atoms with E-state index in [1.54, 1.807) is 0 Å². The monoisotopic (exact) mass is 777 g/mol. The topological polar surface area (TPSA) is 129 Å². The maximum Gasteiger partial charge on any atom is 0.410 e. The lowest BCUT2D eigenvalue weighted by Crippen LogP contribution is -2.49. The lowest BCUT2D eigenvalue weighted by molar-refractivity contribution is -0.133. The van der Waals surface area contributed by atoms with Gasteiger partial charge in [-0.3, -0.25) is 14.9 Å². The number of rotatable bonds is 9. The number of nitrogens with one attached hydrogen (secondary N) is 3. The molecule has 3 amide bonds. The fourth-order valence-corrected chi connectivity index (χ4v) is 8.81. The normalized spacial score (nSPS) is 22.5. The zero-order chi connectivity index (χ0) is 39.3. The number of nitrogens with zero attached hydrogens (tertiary/aromatic N) is 4. The van der Waals surface area contributed by atoms with E-state index in [0.29, 0.717) is 48.3 Å². The predicted octanol–water partition coefficient (Wildman–Crippen LogP) is 7.51. The van der Waals surface area contributed by atoms with Crippen molar-refractivity contribution in [2.45, 2.75) is 94.4 Å². The molecule has 3 saturated heterocycles. The number of benzene rings is 3. The number of ether oxygens (including phenoxy) is 1. The zero-order valence-electron chi connectivity index (χ0n) is 32.0. The quantitative estimate of drug-likeness (QED) is 0.148. The highest BCUT2D eigenvalue weighted by molar-refractivity contribution is 6.01. The van der Waals surface area contributed by atoms with Crippen molar-refractivity contribution < 1.29 is 27.9 Å². The molecule has 4 heterocycles. The van der Waals surface area contributed by atoms with E-state index in [1.165, 1.54) is 12.3 Å². The van der Waals surface area contributed by atoms with Crippen LogP contribution in [-0.4, -0.2) is 88.1 Å². The fraction of sp³-hybridized carbons (Fsp3) is 0.432. The van der Waals surface area contributed by atoms with Gasteiger partial charge in [0.2, 0.25) is 17.8 Å². The number of hydrogen-bond donors (Lipinski definition) is 3. The second kappa shape index (κ2) is 17.4. The second-order valence-corrected chi connectivity index (χ2v) is 15.8. The van der Waals surface area contributed by atoms with Gasteiger partial charge in [-0.1, -0.05) is 54.6 Å². The third kappa shape index (κ3) is 9.25. The number of piperidine rings is 3. The molecule has 57 heavy (non-hydrogen) atoms. The van der Waals surface area contributed by atoms with Gasteiger partial charge in [-0.05, 0) is 112 Å². The first-order chi connectivity index (χ1) is 27.8. The third-order valence-electron chi connectivity index (χ3n) is 12.1. The van der Waals surface area contributed by atoms with Crippen LogP contribution in [0.2, 0.25) is 0 Å². The molecule has 8 rings (SSSR count). The standard InChI is InChI=1S/C44H49F2N7O4/c45-37-26-33(48-39-15-16-40(54)50-42(39)55)11-14-36(37)29-17-21-52(22-18-29)34-19-23-53(24-20-34)44(56)57-35-12-9-32(10-13-35)49-43-47-27-38(46)41(51-43)31-8-4-7-30(25-31)28-5-2-1-3-6-28/h1-8,11,14,25-27,29,32,34-35,39,48H,9-10,12-13,15-24H2,(H,47,49,51)(H,50,54,55)/t32-,35-,39?. The summed E-state index contributed by atoms with van der Waals surface area (Å²) in [6, 6.07) is 22.7. The fourth-order valence-electron chi connectivity index (χ4n) is 8.81. The second-order valence-electron chi connectivity index (χ2n) is 15.8. The maximum absolute atomic E-state index is 15.2. The summed E-state index contributed by atoms with van der Waals surface area (Å²) in [6.07, 6.45) is 7.93. The summed E-state index contributed by atoms with van der Waals surface area (Å²) in [5, 5.41) is 8.77. The lowest BCUT2D eigenvalue weighted by atomic mass is 9.87. The largest absolute Gasteiger partial charge is 0.446 e. The van der Waals surface area contributed by atoms with Gasteiger partial charge in [0.25, 0.3) is 0 Å².